The van der Waals surface area contributed by atoms with Crippen LogP contribution in [0.3, 0.4) is 0 Å². The Labute approximate surface area is 144 Å². The van der Waals surface area contributed by atoms with Crippen molar-refractivity contribution in [2.75, 3.05) is 11.4 Å². The zero-order valence-corrected chi connectivity index (χ0v) is 14.3. The molecule has 1 aromatic rings. The molecule has 1 amide bonds. The number of thioether (sulfide) groups is 1. The number of anilines is 1. The molecule has 0 spiro atoms. The number of hydrogen-bond donors (Lipinski definition) is 2. The fourth-order valence-electron chi connectivity index (χ4n) is 2.93. The third-order valence-electron chi connectivity index (χ3n) is 4.18. The van der Waals surface area contributed by atoms with Crippen molar-refractivity contribution in [1.29, 1.82) is 0 Å². The van der Waals surface area contributed by atoms with Gasteiger partial charge >= 0.3 is 0 Å². The van der Waals surface area contributed by atoms with Gasteiger partial charge in [0, 0.05) is 36.5 Å². The topological polar surface area (TPSA) is 95.4 Å². The number of carbonyl (C=O) groups excluding carboxylic acids is 2. The van der Waals surface area contributed by atoms with Crippen molar-refractivity contribution in [3.63, 3.8) is 0 Å². The highest BCUT2D eigenvalue weighted by molar-refractivity contribution is 8.17. The minimum Gasteiger partial charge on any atom is -0.369 e. The minimum atomic E-state index is -0.984. The Morgan fingerprint density at radius 1 is 1.58 bits per heavy atom. The van der Waals surface area contributed by atoms with E-state index in [1.807, 2.05) is 6.92 Å². The third kappa shape index (κ3) is 3.76. The highest BCUT2D eigenvalue weighted by Crippen LogP contribution is 2.29. The molecule has 0 aliphatic carbocycles. The zero-order chi connectivity index (χ0) is 17.1. The van der Waals surface area contributed by atoms with E-state index in [2.05, 4.69) is 20.2 Å². The van der Waals surface area contributed by atoms with E-state index in [0.29, 0.717) is 29.4 Å². The van der Waals surface area contributed by atoms with Crippen LogP contribution in [0.1, 0.15) is 38.3 Å². The molecule has 1 aromatic heterocycles. The molecule has 7 nitrogen and oxygen atoms in total. The largest absolute Gasteiger partial charge is 0.369 e. The fraction of sp³-hybridized carbons (Fsp3) is 0.500. The van der Waals surface area contributed by atoms with Gasteiger partial charge in [-0.2, -0.15) is 0 Å². The van der Waals surface area contributed by atoms with Crippen LogP contribution in [0.25, 0.3) is 6.08 Å². The van der Waals surface area contributed by atoms with Crippen molar-refractivity contribution in [3.05, 3.63) is 22.9 Å². The molecular weight excluding hydrogens is 328 g/mol. The first-order valence-electron chi connectivity index (χ1n) is 8.06. The molecule has 128 valence electrons. The van der Waals surface area contributed by atoms with Crippen molar-refractivity contribution < 1.29 is 14.7 Å². The van der Waals surface area contributed by atoms with Gasteiger partial charge in [0.2, 0.25) is 5.95 Å². The van der Waals surface area contributed by atoms with Gasteiger partial charge in [-0.1, -0.05) is 6.92 Å². The normalized spacial score (nSPS) is 25.3. The number of carbonyl (C=O) groups is 2. The van der Waals surface area contributed by atoms with Gasteiger partial charge in [0.15, 0.2) is 6.23 Å². The van der Waals surface area contributed by atoms with Crippen molar-refractivity contribution in [3.8, 4) is 0 Å². The van der Waals surface area contributed by atoms with Gasteiger partial charge in [-0.15, -0.1) is 0 Å². The predicted octanol–water partition coefficient (Wildman–Crippen LogP) is 1.93. The summed E-state index contributed by atoms with van der Waals surface area (Å²) >= 11 is 0.961. The van der Waals surface area contributed by atoms with E-state index in [1.165, 1.54) is 0 Å². The summed E-state index contributed by atoms with van der Waals surface area (Å²) in [5.41, 5.74) is 0.630. The molecule has 0 aromatic carbocycles. The van der Waals surface area contributed by atoms with E-state index in [4.69, 9.17) is 0 Å². The molecule has 2 unspecified atom stereocenters. The molecule has 2 aliphatic rings. The number of amides is 1. The number of aromatic nitrogens is 2. The van der Waals surface area contributed by atoms with E-state index in [-0.39, 0.29) is 17.1 Å². The van der Waals surface area contributed by atoms with E-state index in [1.54, 1.807) is 18.3 Å². The lowest BCUT2D eigenvalue weighted by Crippen LogP contribution is -2.32. The molecule has 2 fully saturated rings. The van der Waals surface area contributed by atoms with Crippen molar-refractivity contribution >= 4 is 34.8 Å². The lowest BCUT2D eigenvalue weighted by molar-refractivity contribution is -0.119. The van der Waals surface area contributed by atoms with Gasteiger partial charge in [-0.05, 0) is 36.7 Å². The summed E-state index contributed by atoms with van der Waals surface area (Å²) in [5.74, 6) is 0.841. The van der Waals surface area contributed by atoms with Crippen LogP contribution in [0.15, 0.2) is 17.2 Å². The second-order valence-corrected chi connectivity index (χ2v) is 6.90. The van der Waals surface area contributed by atoms with Crippen LogP contribution in [0.4, 0.5) is 10.7 Å². The van der Waals surface area contributed by atoms with Crippen molar-refractivity contribution in [2.45, 2.75) is 44.9 Å². The summed E-state index contributed by atoms with van der Waals surface area (Å²) in [5, 5.41) is 11.9. The second kappa shape index (κ2) is 7.31. The standard InChI is InChI=1S/C16H20N4O3S/c1-2-12(21)9-11-4-3-7-20(11)15-17-6-5-10(18-15)8-13-14(22)19-16(23)24-13/h5-6,8,11,14,22H,2-4,7,9H2,1H3,(H,19,23)/b13-8-. The maximum Gasteiger partial charge on any atom is 0.285 e. The Balaban J connectivity index is 1.79. The molecule has 2 aliphatic heterocycles. The third-order valence-corrected chi connectivity index (χ3v) is 5.06. The quantitative estimate of drug-likeness (QED) is 0.839. The number of hydrogen-bond acceptors (Lipinski definition) is 7. The second-order valence-electron chi connectivity index (χ2n) is 5.85. The molecule has 0 bridgehead atoms. The van der Waals surface area contributed by atoms with Crippen molar-refractivity contribution in [1.82, 2.24) is 15.3 Å². The van der Waals surface area contributed by atoms with E-state index < -0.39 is 6.23 Å². The van der Waals surface area contributed by atoms with Crippen LogP contribution in [-0.2, 0) is 4.79 Å². The SMILES string of the molecule is CCC(=O)CC1CCCN1c1nccc(/C=C2\SC(=O)NC2O)n1. The van der Waals surface area contributed by atoms with Crippen LogP contribution in [0, 0.1) is 0 Å². The zero-order valence-electron chi connectivity index (χ0n) is 13.4. The minimum absolute atomic E-state index is 0.148. The molecule has 2 atom stereocenters. The van der Waals surface area contributed by atoms with Gasteiger partial charge in [0.25, 0.3) is 5.24 Å². The number of rotatable bonds is 5. The molecule has 2 saturated heterocycles. The Kier molecular flexibility index (Phi) is 5.15. The number of nitrogens with one attached hydrogen (secondary N) is 1. The van der Waals surface area contributed by atoms with Crippen LogP contribution < -0.4 is 10.2 Å². The highest BCUT2D eigenvalue weighted by Gasteiger charge is 2.29. The lowest BCUT2D eigenvalue weighted by atomic mass is 10.1. The monoisotopic (exact) mass is 348 g/mol. The first-order valence-corrected chi connectivity index (χ1v) is 8.88. The number of Topliss-reactive ketones (excluding diaryl/α,β-unsaturated/α-hetero) is 1. The van der Waals surface area contributed by atoms with E-state index >= 15 is 0 Å². The molecule has 0 saturated carbocycles. The number of ketones is 1. The van der Waals surface area contributed by atoms with Crippen LogP contribution in [0.5, 0.6) is 0 Å². The summed E-state index contributed by atoms with van der Waals surface area (Å²) in [4.78, 5) is 34.5. The summed E-state index contributed by atoms with van der Waals surface area (Å²) in [6.45, 7) is 2.71. The Hall–Kier alpha value is -1.93. The molecule has 2 N–H and O–H groups in total. The number of aliphatic hydroxyl groups is 1. The number of nitrogens with zero attached hydrogens (tertiary/aromatic N) is 3. The molecule has 0 radical (unpaired) electrons. The van der Waals surface area contributed by atoms with Crippen LogP contribution >= 0.6 is 11.8 Å². The smallest absolute Gasteiger partial charge is 0.285 e. The maximum absolute atomic E-state index is 11.8. The first kappa shape index (κ1) is 16.9. The van der Waals surface area contributed by atoms with Gasteiger partial charge in [0.1, 0.15) is 5.78 Å². The highest BCUT2D eigenvalue weighted by atomic mass is 32.2. The summed E-state index contributed by atoms with van der Waals surface area (Å²) < 4.78 is 0. The van der Waals surface area contributed by atoms with Gasteiger partial charge in [-0.25, -0.2) is 9.97 Å². The summed E-state index contributed by atoms with van der Waals surface area (Å²) in [7, 11) is 0. The summed E-state index contributed by atoms with van der Waals surface area (Å²) in [6.07, 6.45) is 5.42. The van der Waals surface area contributed by atoms with Gasteiger partial charge in [-0.3, -0.25) is 9.59 Å². The lowest BCUT2D eigenvalue weighted by Gasteiger charge is -2.24. The number of aliphatic hydroxyl groups excluding tert-OH is 1. The fourth-order valence-corrected chi connectivity index (χ4v) is 3.66. The molecule has 3 heterocycles. The maximum atomic E-state index is 11.8. The van der Waals surface area contributed by atoms with Gasteiger partial charge < -0.3 is 15.3 Å². The van der Waals surface area contributed by atoms with Crippen LogP contribution in [0.2, 0.25) is 0 Å². The molecular formula is C16H20N4O3S. The van der Waals surface area contributed by atoms with Gasteiger partial charge in [0.05, 0.1) is 5.69 Å². The average Bonchev–Trinajstić information content (AvgIpc) is 3.14. The Morgan fingerprint density at radius 2 is 2.42 bits per heavy atom. The first-order chi connectivity index (χ1) is 11.6. The average molecular weight is 348 g/mol. The van der Waals surface area contributed by atoms with Crippen molar-refractivity contribution in [2.24, 2.45) is 0 Å². The molecule has 8 heteroatoms. The predicted molar refractivity (Wildman–Crippen MR) is 92.4 cm³/mol. The summed E-state index contributed by atoms with van der Waals surface area (Å²) in [6, 6.07) is 1.88. The Bertz CT molecular complexity index is 679. The molecule has 24 heavy (non-hydrogen) atoms. The molecule has 3 rings (SSSR count). The van der Waals surface area contributed by atoms with Crippen LogP contribution in [-0.4, -0.2) is 44.9 Å². The Morgan fingerprint density at radius 3 is 3.12 bits per heavy atom. The van der Waals surface area contributed by atoms with E-state index in [9.17, 15) is 14.7 Å². The van der Waals surface area contributed by atoms with E-state index in [0.717, 1.165) is 31.1 Å².